The van der Waals surface area contributed by atoms with Crippen molar-refractivity contribution >= 4 is 10.0 Å². The standard InChI is InChI=1S/C20H31N3O2S/c1-17-6-8-20(9-7-17)26(24,25)23-16-18-14-19(23)15-22(18)13-5-12-21-10-3-2-4-11-21/h6-9,18-19H,2-5,10-16H2,1H3. The van der Waals surface area contributed by atoms with Crippen LogP contribution < -0.4 is 0 Å². The van der Waals surface area contributed by atoms with Crippen LogP contribution in [0.1, 0.15) is 37.7 Å². The number of rotatable bonds is 6. The van der Waals surface area contributed by atoms with E-state index in [0.29, 0.717) is 17.5 Å². The van der Waals surface area contributed by atoms with Crippen LogP contribution in [0.4, 0.5) is 0 Å². The second-order valence-corrected chi connectivity index (χ2v) is 10.1. The number of aryl methyl sites for hydroxylation is 1. The molecule has 1 aromatic carbocycles. The molecule has 2 unspecified atom stereocenters. The number of sulfonamides is 1. The number of hydrogen-bond acceptors (Lipinski definition) is 4. The van der Waals surface area contributed by atoms with Gasteiger partial charge in [0.2, 0.25) is 10.0 Å². The van der Waals surface area contributed by atoms with Gasteiger partial charge in [-0.25, -0.2) is 8.42 Å². The van der Waals surface area contributed by atoms with Gasteiger partial charge in [0.05, 0.1) is 4.90 Å². The van der Waals surface area contributed by atoms with E-state index in [2.05, 4.69) is 9.80 Å². The Bertz CT molecular complexity index is 713. The van der Waals surface area contributed by atoms with Crippen LogP contribution in [0.25, 0.3) is 0 Å². The van der Waals surface area contributed by atoms with Gasteiger partial charge in [0.15, 0.2) is 0 Å². The second-order valence-electron chi connectivity index (χ2n) is 8.18. The highest BCUT2D eigenvalue weighted by Crippen LogP contribution is 2.35. The van der Waals surface area contributed by atoms with Gasteiger partial charge >= 0.3 is 0 Å². The molecule has 3 saturated heterocycles. The van der Waals surface area contributed by atoms with Crippen LogP contribution in [-0.2, 0) is 10.0 Å². The van der Waals surface area contributed by atoms with E-state index in [1.54, 1.807) is 16.4 Å². The number of piperazine rings is 1. The average Bonchev–Trinajstić information content (AvgIpc) is 3.24. The predicted molar refractivity (Wildman–Crippen MR) is 104 cm³/mol. The van der Waals surface area contributed by atoms with Crippen molar-refractivity contribution in [1.82, 2.24) is 14.1 Å². The Labute approximate surface area is 158 Å². The monoisotopic (exact) mass is 377 g/mol. The third-order valence-corrected chi connectivity index (χ3v) is 8.23. The van der Waals surface area contributed by atoms with Crippen LogP contribution in [0.2, 0.25) is 0 Å². The van der Waals surface area contributed by atoms with Crippen LogP contribution in [0.5, 0.6) is 0 Å². The van der Waals surface area contributed by atoms with E-state index in [1.807, 2.05) is 19.1 Å². The largest absolute Gasteiger partial charge is 0.303 e. The normalized spacial score (nSPS) is 28.0. The van der Waals surface area contributed by atoms with Crippen LogP contribution >= 0.6 is 0 Å². The number of nitrogens with zero attached hydrogens (tertiary/aromatic N) is 3. The molecule has 0 N–H and O–H groups in total. The third-order valence-electron chi connectivity index (χ3n) is 6.30. The van der Waals surface area contributed by atoms with Gasteiger partial charge in [-0.1, -0.05) is 24.1 Å². The molecular formula is C20H31N3O2S. The Hall–Kier alpha value is -0.950. The lowest BCUT2D eigenvalue weighted by atomic mass is 10.1. The fourth-order valence-corrected chi connectivity index (χ4v) is 6.47. The van der Waals surface area contributed by atoms with Crippen molar-refractivity contribution in [2.24, 2.45) is 0 Å². The molecule has 2 atom stereocenters. The summed E-state index contributed by atoms with van der Waals surface area (Å²) in [6.45, 7) is 8.36. The Morgan fingerprint density at radius 3 is 2.35 bits per heavy atom. The summed E-state index contributed by atoms with van der Waals surface area (Å²) >= 11 is 0. The van der Waals surface area contributed by atoms with Gasteiger partial charge in [0, 0.05) is 25.2 Å². The van der Waals surface area contributed by atoms with Crippen LogP contribution in [0, 0.1) is 6.92 Å². The highest BCUT2D eigenvalue weighted by molar-refractivity contribution is 7.89. The molecule has 2 bridgehead atoms. The molecule has 1 aromatic rings. The molecule has 5 nitrogen and oxygen atoms in total. The second kappa shape index (κ2) is 7.58. The quantitative estimate of drug-likeness (QED) is 0.763. The first kappa shape index (κ1) is 18.4. The minimum atomic E-state index is -3.35. The number of likely N-dealkylation sites (tertiary alicyclic amines) is 2. The molecule has 0 amide bonds. The van der Waals surface area contributed by atoms with Crippen LogP contribution in [0.15, 0.2) is 29.2 Å². The molecule has 3 heterocycles. The summed E-state index contributed by atoms with van der Waals surface area (Å²) in [6.07, 6.45) is 6.28. The topological polar surface area (TPSA) is 43.9 Å². The molecule has 26 heavy (non-hydrogen) atoms. The van der Waals surface area contributed by atoms with Gasteiger partial charge in [0.1, 0.15) is 0 Å². The zero-order valence-electron chi connectivity index (χ0n) is 15.8. The molecular weight excluding hydrogens is 346 g/mol. The summed E-state index contributed by atoms with van der Waals surface area (Å²) in [5, 5.41) is 0. The summed E-state index contributed by atoms with van der Waals surface area (Å²) in [5.41, 5.74) is 1.09. The van der Waals surface area contributed by atoms with Crippen molar-refractivity contribution in [2.45, 2.75) is 56.0 Å². The Morgan fingerprint density at radius 2 is 1.69 bits per heavy atom. The molecule has 6 heteroatoms. The maximum absolute atomic E-state index is 13.0. The molecule has 0 spiro atoms. The number of fused-ring (bicyclic) bond motifs is 2. The molecule has 3 aliphatic rings. The number of benzene rings is 1. The van der Waals surface area contributed by atoms with Crippen molar-refractivity contribution in [3.8, 4) is 0 Å². The van der Waals surface area contributed by atoms with Gasteiger partial charge in [-0.3, -0.25) is 4.90 Å². The van der Waals surface area contributed by atoms with Gasteiger partial charge in [-0.05, 0) is 70.9 Å². The first-order valence-corrected chi connectivity index (χ1v) is 11.5. The van der Waals surface area contributed by atoms with Gasteiger partial charge in [-0.2, -0.15) is 4.31 Å². The van der Waals surface area contributed by atoms with E-state index in [9.17, 15) is 8.42 Å². The summed E-state index contributed by atoms with van der Waals surface area (Å²) in [6, 6.07) is 7.81. The van der Waals surface area contributed by atoms with Crippen molar-refractivity contribution in [1.29, 1.82) is 0 Å². The van der Waals surface area contributed by atoms with Crippen molar-refractivity contribution in [2.75, 3.05) is 39.3 Å². The molecule has 0 aromatic heterocycles. The van der Waals surface area contributed by atoms with E-state index in [4.69, 9.17) is 0 Å². The molecule has 3 aliphatic heterocycles. The van der Waals surface area contributed by atoms with Gasteiger partial charge in [-0.15, -0.1) is 0 Å². The summed E-state index contributed by atoms with van der Waals surface area (Å²) in [7, 11) is -3.35. The maximum atomic E-state index is 13.0. The molecule has 144 valence electrons. The van der Waals surface area contributed by atoms with E-state index in [0.717, 1.165) is 25.1 Å². The van der Waals surface area contributed by atoms with Crippen molar-refractivity contribution < 1.29 is 8.42 Å². The predicted octanol–water partition coefficient (Wildman–Crippen LogP) is 2.32. The average molecular weight is 378 g/mol. The molecule has 0 aliphatic carbocycles. The van der Waals surface area contributed by atoms with Crippen molar-refractivity contribution in [3.05, 3.63) is 29.8 Å². The molecule has 0 saturated carbocycles. The smallest absolute Gasteiger partial charge is 0.243 e. The maximum Gasteiger partial charge on any atom is 0.243 e. The minimum Gasteiger partial charge on any atom is -0.303 e. The molecule has 0 radical (unpaired) electrons. The van der Waals surface area contributed by atoms with Gasteiger partial charge in [0.25, 0.3) is 0 Å². The fourth-order valence-electron chi connectivity index (χ4n) is 4.81. The van der Waals surface area contributed by atoms with E-state index in [1.165, 1.54) is 45.3 Å². The van der Waals surface area contributed by atoms with Gasteiger partial charge < -0.3 is 4.90 Å². The lowest BCUT2D eigenvalue weighted by Crippen LogP contribution is -2.49. The lowest BCUT2D eigenvalue weighted by Gasteiger charge is -2.34. The van der Waals surface area contributed by atoms with E-state index < -0.39 is 10.0 Å². The first-order valence-electron chi connectivity index (χ1n) is 10.1. The highest BCUT2D eigenvalue weighted by atomic mass is 32.2. The Kier molecular flexibility index (Phi) is 5.37. The fraction of sp³-hybridized carbons (Fsp3) is 0.700. The SMILES string of the molecule is Cc1ccc(S(=O)(=O)N2CC3CC2CN3CCCN2CCCCC2)cc1. The highest BCUT2D eigenvalue weighted by Gasteiger charge is 2.47. The zero-order valence-corrected chi connectivity index (χ0v) is 16.6. The van der Waals surface area contributed by atoms with Crippen LogP contribution in [-0.4, -0.2) is 73.9 Å². The molecule has 4 rings (SSSR count). The third kappa shape index (κ3) is 3.70. The van der Waals surface area contributed by atoms with E-state index >= 15 is 0 Å². The number of piperidine rings is 1. The number of hydrogen-bond donors (Lipinski definition) is 0. The summed E-state index contributed by atoms with van der Waals surface area (Å²) < 4.78 is 27.7. The van der Waals surface area contributed by atoms with Crippen molar-refractivity contribution in [3.63, 3.8) is 0 Å². The molecule has 3 fully saturated rings. The Balaban J connectivity index is 1.31. The first-order chi connectivity index (χ1) is 12.5. The lowest BCUT2D eigenvalue weighted by molar-refractivity contribution is 0.162. The summed E-state index contributed by atoms with van der Waals surface area (Å²) in [5.74, 6) is 0. The van der Waals surface area contributed by atoms with E-state index in [-0.39, 0.29) is 6.04 Å². The van der Waals surface area contributed by atoms with Crippen LogP contribution in [0.3, 0.4) is 0 Å². The minimum absolute atomic E-state index is 0.154. The summed E-state index contributed by atoms with van der Waals surface area (Å²) in [4.78, 5) is 5.55. The Morgan fingerprint density at radius 1 is 0.962 bits per heavy atom. The zero-order chi connectivity index (χ0) is 18.1.